The van der Waals surface area contributed by atoms with Crippen LogP contribution in [0.5, 0.6) is 0 Å². The lowest BCUT2D eigenvalue weighted by Gasteiger charge is -2.35. The molecule has 1 saturated carbocycles. The summed E-state index contributed by atoms with van der Waals surface area (Å²) in [6.07, 6.45) is 9.62. The quantitative estimate of drug-likeness (QED) is 0.745. The first-order valence-electron chi connectivity index (χ1n) is 8.64. The highest BCUT2D eigenvalue weighted by Gasteiger charge is 2.42. The van der Waals surface area contributed by atoms with E-state index in [-0.39, 0.29) is 11.8 Å². The van der Waals surface area contributed by atoms with Gasteiger partial charge in [-0.1, -0.05) is 19.3 Å². The van der Waals surface area contributed by atoms with Gasteiger partial charge in [0.2, 0.25) is 11.8 Å². The zero-order chi connectivity index (χ0) is 14.9. The second-order valence-electron chi connectivity index (χ2n) is 7.35. The van der Waals surface area contributed by atoms with Crippen LogP contribution in [0.2, 0.25) is 0 Å². The normalized spacial score (nSPS) is 26.3. The summed E-state index contributed by atoms with van der Waals surface area (Å²) in [6.45, 7) is 5.09. The van der Waals surface area contributed by atoms with Crippen molar-refractivity contribution in [1.82, 2.24) is 9.80 Å². The molecule has 4 nitrogen and oxygen atoms in total. The van der Waals surface area contributed by atoms with E-state index in [1.807, 2.05) is 4.90 Å². The minimum atomic E-state index is 0.142. The van der Waals surface area contributed by atoms with Gasteiger partial charge in [-0.2, -0.15) is 0 Å². The first-order valence-corrected chi connectivity index (χ1v) is 8.64. The van der Waals surface area contributed by atoms with E-state index >= 15 is 0 Å². The average molecular weight is 292 g/mol. The molecule has 2 amide bonds. The van der Waals surface area contributed by atoms with E-state index < -0.39 is 0 Å². The lowest BCUT2D eigenvalue weighted by Crippen LogP contribution is -2.43. The molecule has 0 aromatic heterocycles. The van der Waals surface area contributed by atoms with Crippen molar-refractivity contribution < 1.29 is 9.59 Å². The van der Waals surface area contributed by atoms with Crippen LogP contribution in [0, 0.1) is 11.3 Å². The number of carbonyl (C=O) groups is 2. The Morgan fingerprint density at radius 1 is 0.905 bits per heavy atom. The van der Waals surface area contributed by atoms with Crippen LogP contribution < -0.4 is 0 Å². The molecule has 0 N–H and O–H groups in total. The molecule has 2 heterocycles. The number of likely N-dealkylation sites (tertiary alicyclic amines) is 2. The van der Waals surface area contributed by atoms with Crippen LogP contribution in [0.3, 0.4) is 0 Å². The van der Waals surface area contributed by atoms with E-state index in [1.165, 1.54) is 38.5 Å². The fourth-order valence-corrected chi connectivity index (χ4v) is 4.53. The maximum atomic E-state index is 12.7. The summed E-state index contributed by atoms with van der Waals surface area (Å²) in [4.78, 5) is 28.1. The lowest BCUT2D eigenvalue weighted by molar-refractivity contribution is -0.139. The molecule has 2 saturated heterocycles. The molecule has 3 rings (SSSR count). The molecule has 2 aliphatic heterocycles. The summed E-state index contributed by atoms with van der Waals surface area (Å²) >= 11 is 0. The molecule has 3 aliphatic rings. The van der Waals surface area contributed by atoms with Crippen LogP contribution in [0.4, 0.5) is 0 Å². The van der Waals surface area contributed by atoms with E-state index in [1.54, 1.807) is 6.92 Å². The Morgan fingerprint density at radius 3 is 2.19 bits per heavy atom. The van der Waals surface area contributed by atoms with Gasteiger partial charge in [0.1, 0.15) is 0 Å². The third-order valence-electron chi connectivity index (χ3n) is 5.95. The fourth-order valence-electron chi connectivity index (χ4n) is 4.53. The Kier molecular flexibility index (Phi) is 4.23. The maximum absolute atomic E-state index is 12.7. The summed E-state index contributed by atoms with van der Waals surface area (Å²) in [7, 11) is 0. The summed E-state index contributed by atoms with van der Waals surface area (Å²) in [5.74, 6) is 0.656. The SMILES string of the molecule is CC(=O)N1CCC(C(=O)N2CCC3(CCCCC3)C2)CC1. The highest BCUT2D eigenvalue weighted by Crippen LogP contribution is 2.44. The number of carbonyl (C=O) groups excluding carboxylic acids is 2. The van der Waals surface area contributed by atoms with Gasteiger partial charge in [0.05, 0.1) is 0 Å². The Morgan fingerprint density at radius 2 is 1.57 bits per heavy atom. The molecular weight excluding hydrogens is 264 g/mol. The van der Waals surface area contributed by atoms with Crippen molar-refractivity contribution in [2.45, 2.75) is 58.3 Å². The van der Waals surface area contributed by atoms with Crippen LogP contribution in [-0.2, 0) is 9.59 Å². The van der Waals surface area contributed by atoms with Gasteiger partial charge in [-0.3, -0.25) is 9.59 Å². The smallest absolute Gasteiger partial charge is 0.225 e. The Bertz CT molecular complexity index is 407. The molecular formula is C17H28N2O2. The zero-order valence-electron chi connectivity index (χ0n) is 13.3. The third-order valence-corrected chi connectivity index (χ3v) is 5.95. The second kappa shape index (κ2) is 5.98. The molecule has 1 spiro atoms. The Hall–Kier alpha value is -1.06. The van der Waals surface area contributed by atoms with E-state index in [9.17, 15) is 9.59 Å². The highest BCUT2D eigenvalue weighted by molar-refractivity contribution is 5.80. The summed E-state index contributed by atoms with van der Waals surface area (Å²) in [5.41, 5.74) is 0.452. The van der Waals surface area contributed by atoms with Crippen LogP contribution in [0.25, 0.3) is 0 Å². The van der Waals surface area contributed by atoms with Crippen molar-refractivity contribution in [1.29, 1.82) is 0 Å². The van der Waals surface area contributed by atoms with Crippen molar-refractivity contribution in [2.24, 2.45) is 11.3 Å². The highest BCUT2D eigenvalue weighted by atomic mass is 16.2. The van der Waals surface area contributed by atoms with Gasteiger partial charge in [0.15, 0.2) is 0 Å². The van der Waals surface area contributed by atoms with Crippen molar-refractivity contribution in [3.05, 3.63) is 0 Å². The fraction of sp³-hybridized carbons (Fsp3) is 0.882. The van der Waals surface area contributed by atoms with Crippen LogP contribution >= 0.6 is 0 Å². The van der Waals surface area contributed by atoms with Crippen LogP contribution in [0.15, 0.2) is 0 Å². The third kappa shape index (κ3) is 3.09. The summed E-state index contributed by atoms with van der Waals surface area (Å²) in [5, 5.41) is 0. The van der Waals surface area contributed by atoms with Crippen LogP contribution in [0.1, 0.15) is 58.3 Å². The van der Waals surface area contributed by atoms with Gasteiger partial charge >= 0.3 is 0 Å². The number of hydrogen-bond acceptors (Lipinski definition) is 2. The number of nitrogens with zero attached hydrogens (tertiary/aromatic N) is 2. The largest absolute Gasteiger partial charge is 0.343 e. The summed E-state index contributed by atoms with van der Waals surface area (Å²) < 4.78 is 0. The molecule has 4 heteroatoms. The molecule has 0 radical (unpaired) electrons. The number of piperidine rings is 1. The Balaban J connectivity index is 1.54. The Labute approximate surface area is 127 Å². The van der Waals surface area contributed by atoms with Crippen molar-refractivity contribution in [2.75, 3.05) is 26.2 Å². The van der Waals surface area contributed by atoms with Gasteiger partial charge < -0.3 is 9.80 Å². The molecule has 0 unspecified atom stereocenters. The topological polar surface area (TPSA) is 40.6 Å². The zero-order valence-corrected chi connectivity index (χ0v) is 13.3. The molecule has 0 bridgehead atoms. The first-order chi connectivity index (χ1) is 10.1. The molecule has 1 aliphatic carbocycles. The van der Waals surface area contributed by atoms with Gasteiger partial charge in [0.25, 0.3) is 0 Å². The van der Waals surface area contributed by atoms with Gasteiger partial charge in [-0.25, -0.2) is 0 Å². The standard InChI is InChI=1S/C17H28N2O2/c1-14(20)18-10-5-15(6-11-18)16(21)19-12-9-17(13-19)7-3-2-4-8-17/h15H,2-13H2,1H3. The molecule has 0 atom stereocenters. The monoisotopic (exact) mass is 292 g/mol. The number of rotatable bonds is 1. The predicted octanol–water partition coefficient (Wildman–Crippen LogP) is 2.43. The van der Waals surface area contributed by atoms with E-state index in [2.05, 4.69) is 4.90 Å². The molecule has 118 valence electrons. The molecule has 0 aromatic carbocycles. The van der Waals surface area contributed by atoms with Crippen molar-refractivity contribution in [3.63, 3.8) is 0 Å². The van der Waals surface area contributed by atoms with Gasteiger partial charge in [-0.15, -0.1) is 0 Å². The number of hydrogen-bond donors (Lipinski definition) is 0. The lowest BCUT2D eigenvalue weighted by atomic mass is 9.73. The summed E-state index contributed by atoms with van der Waals surface area (Å²) in [6, 6.07) is 0. The molecule has 0 aromatic rings. The second-order valence-corrected chi connectivity index (χ2v) is 7.35. The molecule has 21 heavy (non-hydrogen) atoms. The average Bonchev–Trinajstić information content (AvgIpc) is 2.91. The van der Waals surface area contributed by atoms with E-state index in [0.717, 1.165) is 39.0 Å². The minimum Gasteiger partial charge on any atom is -0.343 e. The van der Waals surface area contributed by atoms with Gasteiger partial charge in [0, 0.05) is 39.0 Å². The van der Waals surface area contributed by atoms with Crippen molar-refractivity contribution in [3.8, 4) is 0 Å². The number of amides is 2. The van der Waals surface area contributed by atoms with Crippen LogP contribution in [-0.4, -0.2) is 47.8 Å². The minimum absolute atomic E-state index is 0.142. The van der Waals surface area contributed by atoms with E-state index in [0.29, 0.717) is 11.3 Å². The van der Waals surface area contributed by atoms with Crippen molar-refractivity contribution >= 4 is 11.8 Å². The van der Waals surface area contributed by atoms with Gasteiger partial charge in [-0.05, 0) is 37.5 Å². The molecule has 3 fully saturated rings. The first kappa shape index (κ1) is 14.9. The predicted molar refractivity (Wildman–Crippen MR) is 81.7 cm³/mol. The maximum Gasteiger partial charge on any atom is 0.225 e. The van der Waals surface area contributed by atoms with E-state index in [4.69, 9.17) is 0 Å².